The molecular formula is C42H80N2O14. The molecule has 0 saturated heterocycles. The van der Waals surface area contributed by atoms with Crippen LogP contribution in [0.15, 0.2) is 0 Å². The van der Waals surface area contributed by atoms with Crippen molar-refractivity contribution in [2.75, 3.05) is 92.4 Å². The Morgan fingerprint density at radius 2 is 0.828 bits per heavy atom. The summed E-state index contributed by atoms with van der Waals surface area (Å²) in [7, 11) is 0. The predicted molar refractivity (Wildman–Crippen MR) is 220 cm³/mol. The second kappa shape index (κ2) is 28.3. The van der Waals surface area contributed by atoms with Gasteiger partial charge in [0, 0.05) is 19.7 Å². The average molecular weight is 837 g/mol. The highest BCUT2D eigenvalue weighted by molar-refractivity contribution is 5.77. The zero-order valence-electron chi connectivity index (χ0n) is 38.0. The molecule has 0 aliphatic carbocycles. The molecule has 0 aromatic carbocycles. The monoisotopic (exact) mass is 837 g/mol. The number of carbonyl (C=O) groups is 4. The molecule has 342 valence electrons. The molecule has 0 rings (SSSR count). The summed E-state index contributed by atoms with van der Waals surface area (Å²) in [6.45, 7) is 28.2. The Balaban J connectivity index is 4.27. The number of hydrogen-bond donors (Lipinski definition) is 3. The predicted octanol–water partition coefficient (Wildman–Crippen LogP) is 4.66. The third-order valence-electron chi connectivity index (χ3n) is 9.06. The van der Waals surface area contributed by atoms with E-state index in [0.29, 0.717) is 91.5 Å². The Morgan fingerprint density at radius 3 is 1.28 bits per heavy atom. The molecule has 16 nitrogen and oxygen atoms in total. The molecule has 0 aliphatic heterocycles. The Morgan fingerprint density at radius 1 is 0.448 bits per heavy atom. The van der Waals surface area contributed by atoms with Gasteiger partial charge >= 0.3 is 5.97 Å². The minimum absolute atomic E-state index is 0.0936. The molecule has 58 heavy (non-hydrogen) atoms. The highest BCUT2D eigenvalue weighted by Gasteiger charge is 2.31. The normalized spacial score (nSPS) is 13.1. The Bertz CT molecular complexity index is 1160. The van der Waals surface area contributed by atoms with Gasteiger partial charge in [-0.3, -0.25) is 9.59 Å². The fourth-order valence-electron chi connectivity index (χ4n) is 5.37. The van der Waals surface area contributed by atoms with Gasteiger partial charge in [-0.2, -0.15) is 0 Å². The first-order valence-corrected chi connectivity index (χ1v) is 20.6. The van der Waals surface area contributed by atoms with Gasteiger partial charge in [0.2, 0.25) is 11.8 Å². The lowest BCUT2D eigenvalue weighted by atomic mass is 9.99. The maximum atomic E-state index is 11.8. The number of rotatable bonds is 38. The molecule has 0 spiro atoms. The van der Waals surface area contributed by atoms with E-state index in [1.54, 1.807) is 0 Å². The highest BCUT2D eigenvalue weighted by Crippen LogP contribution is 2.28. The summed E-state index contributed by atoms with van der Waals surface area (Å²) in [6.07, 6.45) is 4.84. The fourth-order valence-corrected chi connectivity index (χ4v) is 5.37. The van der Waals surface area contributed by atoms with Gasteiger partial charge in [0.25, 0.3) is 0 Å². The topological polar surface area (TPSA) is 196 Å². The third kappa shape index (κ3) is 33.5. The first-order valence-electron chi connectivity index (χ1n) is 20.6. The summed E-state index contributed by atoms with van der Waals surface area (Å²) < 4.78 is 52.3. The zero-order valence-corrected chi connectivity index (χ0v) is 38.0. The van der Waals surface area contributed by atoms with Crippen LogP contribution in [0.5, 0.6) is 0 Å². The quantitative estimate of drug-likeness (QED) is 0.0574. The third-order valence-corrected chi connectivity index (χ3v) is 9.06. The first kappa shape index (κ1) is 55.7. The van der Waals surface area contributed by atoms with E-state index in [0.717, 1.165) is 19.3 Å². The summed E-state index contributed by atoms with van der Waals surface area (Å²) in [5, 5.41) is 13.9. The van der Waals surface area contributed by atoms with Gasteiger partial charge in [0.1, 0.15) is 32.7 Å². The van der Waals surface area contributed by atoms with Crippen LogP contribution in [0.3, 0.4) is 0 Å². The van der Waals surface area contributed by atoms with Crippen LogP contribution in [0.1, 0.15) is 122 Å². The summed E-state index contributed by atoms with van der Waals surface area (Å²) in [5.74, 6) is -1.78. The number of carboxylic acids is 1. The van der Waals surface area contributed by atoms with E-state index in [2.05, 4.69) is 66.0 Å². The molecule has 0 aromatic heterocycles. The number of ether oxygens (including phenoxy) is 9. The van der Waals surface area contributed by atoms with Gasteiger partial charge < -0.3 is 63.2 Å². The van der Waals surface area contributed by atoms with Crippen LogP contribution in [0.25, 0.3) is 0 Å². The van der Waals surface area contributed by atoms with Crippen molar-refractivity contribution in [1.82, 2.24) is 10.6 Å². The zero-order chi connectivity index (χ0) is 44.4. The van der Waals surface area contributed by atoms with Crippen molar-refractivity contribution in [2.24, 2.45) is 0 Å². The molecule has 0 bridgehead atoms. The van der Waals surface area contributed by atoms with Crippen molar-refractivity contribution >= 4 is 24.1 Å². The lowest BCUT2D eigenvalue weighted by Crippen LogP contribution is -2.40. The standard InChI is InChI=1S/C42H80N2O14/c1-37(2,13-19-43-34(46)31-52-28-21-45)54-23-15-39(5,6)55-24-16-40(7,8)57-26-18-42(11,12)58-41(9,10)17-25-56-38(3,4)14-22-50-29-30-51-27-20-44-35(47)32-53-33-36(48)49/h21H,13-20,22-33H2,1-12H3,(H,43,46)(H,44,47)(H,48,49). The molecule has 0 aromatic rings. The van der Waals surface area contributed by atoms with E-state index < -0.39 is 35.3 Å². The van der Waals surface area contributed by atoms with Crippen LogP contribution in [-0.4, -0.2) is 155 Å². The van der Waals surface area contributed by atoms with E-state index in [9.17, 15) is 19.2 Å². The summed E-state index contributed by atoms with van der Waals surface area (Å²) in [4.78, 5) is 44.0. The summed E-state index contributed by atoms with van der Waals surface area (Å²) >= 11 is 0. The molecule has 3 N–H and O–H groups in total. The number of aliphatic carboxylic acids is 1. The van der Waals surface area contributed by atoms with E-state index in [1.807, 2.05) is 27.7 Å². The van der Waals surface area contributed by atoms with Crippen LogP contribution in [-0.2, 0) is 61.8 Å². The second-order valence-electron chi connectivity index (χ2n) is 18.0. The molecule has 0 aliphatic rings. The van der Waals surface area contributed by atoms with Gasteiger partial charge in [0.15, 0.2) is 0 Å². The van der Waals surface area contributed by atoms with Crippen molar-refractivity contribution < 1.29 is 66.9 Å². The van der Waals surface area contributed by atoms with Crippen molar-refractivity contribution in [2.45, 2.75) is 155 Å². The minimum atomic E-state index is -1.12. The van der Waals surface area contributed by atoms with E-state index in [-0.39, 0.29) is 42.5 Å². The second-order valence-corrected chi connectivity index (χ2v) is 18.0. The van der Waals surface area contributed by atoms with Gasteiger partial charge in [-0.25, -0.2) is 4.79 Å². The van der Waals surface area contributed by atoms with E-state index in [1.165, 1.54) is 0 Å². The Hall–Kier alpha value is -2.28. The summed E-state index contributed by atoms with van der Waals surface area (Å²) in [5.41, 5.74) is -2.36. The van der Waals surface area contributed by atoms with Gasteiger partial charge in [-0.1, -0.05) is 0 Å². The number of nitrogens with one attached hydrogen (secondary N) is 2. The van der Waals surface area contributed by atoms with Crippen molar-refractivity contribution in [3.63, 3.8) is 0 Å². The van der Waals surface area contributed by atoms with Crippen molar-refractivity contribution in [3.8, 4) is 0 Å². The van der Waals surface area contributed by atoms with Crippen LogP contribution < -0.4 is 10.6 Å². The average Bonchev–Trinajstić information content (AvgIpc) is 3.06. The lowest BCUT2D eigenvalue weighted by molar-refractivity contribution is -0.155. The maximum absolute atomic E-state index is 11.8. The molecular weight excluding hydrogens is 756 g/mol. The smallest absolute Gasteiger partial charge is 0.329 e. The number of carbonyl (C=O) groups excluding carboxylic acids is 3. The fraction of sp³-hybridized carbons (Fsp3) is 0.905. The number of hydrogen-bond acceptors (Lipinski definition) is 13. The van der Waals surface area contributed by atoms with Gasteiger partial charge in [-0.05, 0) is 122 Å². The van der Waals surface area contributed by atoms with Gasteiger partial charge in [-0.15, -0.1) is 0 Å². The summed E-state index contributed by atoms with van der Waals surface area (Å²) in [6, 6.07) is 0. The van der Waals surface area contributed by atoms with E-state index >= 15 is 0 Å². The van der Waals surface area contributed by atoms with Gasteiger partial charge in [0.05, 0.1) is 79.9 Å². The molecule has 16 heteroatoms. The molecule has 0 saturated carbocycles. The van der Waals surface area contributed by atoms with Crippen molar-refractivity contribution in [1.29, 1.82) is 0 Å². The number of amides is 2. The maximum Gasteiger partial charge on any atom is 0.329 e. The molecule has 0 fully saturated rings. The van der Waals surface area contributed by atoms with Crippen LogP contribution in [0, 0.1) is 0 Å². The molecule has 0 unspecified atom stereocenters. The van der Waals surface area contributed by atoms with Crippen LogP contribution >= 0.6 is 0 Å². The largest absolute Gasteiger partial charge is 0.480 e. The highest BCUT2D eigenvalue weighted by atomic mass is 16.5. The molecule has 0 heterocycles. The number of aldehydes is 1. The lowest BCUT2D eigenvalue weighted by Gasteiger charge is -2.38. The minimum Gasteiger partial charge on any atom is -0.480 e. The SMILES string of the molecule is CC(C)(CCNC(=O)COCC=O)OCCC(C)(C)OCCC(C)(C)OCCC(C)(C)OC(C)(C)CCOC(C)(C)CCOCCOCCNC(=O)COCC(=O)O. The molecule has 0 atom stereocenters. The number of carboxylic acid groups (broad SMARTS) is 1. The Kier molecular flexibility index (Phi) is 27.2. The Labute approximate surface area is 348 Å². The van der Waals surface area contributed by atoms with E-state index in [4.69, 9.17) is 47.7 Å². The first-order chi connectivity index (χ1) is 26.8. The molecule has 0 radical (unpaired) electrons. The van der Waals surface area contributed by atoms with Crippen molar-refractivity contribution in [3.05, 3.63) is 0 Å². The molecule has 2 amide bonds. The van der Waals surface area contributed by atoms with Crippen LogP contribution in [0.2, 0.25) is 0 Å². The van der Waals surface area contributed by atoms with Crippen LogP contribution in [0.4, 0.5) is 0 Å².